The van der Waals surface area contributed by atoms with Crippen LogP contribution in [-0.4, -0.2) is 42.0 Å². The van der Waals surface area contributed by atoms with E-state index in [9.17, 15) is 4.79 Å². The third-order valence-corrected chi connectivity index (χ3v) is 3.78. The molecule has 0 unspecified atom stereocenters. The van der Waals surface area contributed by atoms with E-state index in [4.69, 9.17) is 18.0 Å². The third kappa shape index (κ3) is 3.04. The first-order valence-electron chi connectivity index (χ1n) is 6.40. The topological polar surface area (TPSA) is 49.6 Å². The highest BCUT2D eigenvalue weighted by molar-refractivity contribution is 7.80. The maximum absolute atomic E-state index is 11.3. The van der Waals surface area contributed by atoms with Crippen molar-refractivity contribution in [2.75, 3.05) is 31.1 Å². The predicted octanol–water partition coefficient (Wildman–Crippen LogP) is 1.30. The van der Waals surface area contributed by atoms with Gasteiger partial charge in [-0.1, -0.05) is 12.2 Å². The Morgan fingerprint density at radius 3 is 2.37 bits per heavy atom. The second-order valence-electron chi connectivity index (χ2n) is 4.86. The molecule has 0 aliphatic carbocycles. The molecule has 0 aromatic heterocycles. The van der Waals surface area contributed by atoms with Crippen molar-refractivity contribution in [2.45, 2.75) is 13.8 Å². The molecule has 1 aliphatic rings. The first-order chi connectivity index (χ1) is 8.99. The maximum Gasteiger partial charge on any atom is 0.219 e. The van der Waals surface area contributed by atoms with E-state index < -0.39 is 0 Å². The molecule has 0 bridgehead atoms. The van der Waals surface area contributed by atoms with Crippen molar-refractivity contribution in [3.8, 4) is 0 Å². The van der Waals surface area contributed by atoms with Crippen LogP contribution in [0.4, 0.5) is 5.69 Å². The molecule has 1 aromatic rings. The molecule has 5 heteroatoms. The highest BCUT2D eigenvalue weighted by Crippen LogP contribution is 2.22. The number of nitrogens with two attached hydrogens (primary N) is 1. The van der Waals surface area contributed by atoms with E-state index in [-0.39, 0.29) is 5.91 Å². The Labute approximate surface area is 119 Å². The Kier molecular flexibility index (Phi) is 4.04. The molecule has 1 amide bonds. The molecule has 0 radical (unpaired) electrons. The highest BCUT2D eigenvalue weighted by atomic mass is 32.1. The van der Waals surface area contributed by atoms with Gasteiger partial charge < -0.3 is 15.5 Å². The van der Waals surface area contributed by atoms with E-state index >= 15 is 0 Å². The molecule has 1 aliphatic heterocycles. The monoisotopic (exact) mass is 277 g/mol. The number of carbonyl (C=O) groups excluding carboxylic acids is 1. The standard InChI is InChI=1S/C14H19N3OS/c1-10-9-12(14(15)19)3-4-13(10)17-7-5-16(6-8-17)11(2)18/h3-4,9H,5-8H2,1-2H3,(H2,15,19). The van der Waals surface area contributed by atoms with E-state index in [0.29, 0.717) is 4.99 Å². The number of thiocarbonyl (C=S) groups is 1. The van der Waals surface area contributed by atoms with Crippen LogP contribution >= 0.6 is 12.2 Å². The summed E-state index contributed by atoms with van der Waals surface area (Å²) in [5.41, 5.74) is 8.90. The SMILES string of the molecule is CC(=O)N1CCN(c2ccc(C(N)=S)cc2C)CC1. The van der Waals surface area contributed by atoms with Crippen LogP contribution in [-0.2, 0) is 4.79 Å². The summed E-state index contributed by atoms with van der Waals surface area (Å²) < 4.78 is 0. The van der Waals surface area contributed by atoms with Crippen LogP contribution in [0.1, 0.15) is 18.1 Å². The number of hydrogen-bond acceptors (Lipinski definition) is 3. The van der Waals surface area contributed by atoms with Crippen LogP contribution in [0.3, 0.4) is 0 Å². The largest absolute Gasteiger partial charge is 0.389 e. The van der Waals surface area contributed by atoms with Gasteiger partial charge in [0.15, 0.2) is 0 Å². The third-order valence-electron chi connectivity index (χ3n) is 3.55. The van der Waals surface area contributed by atoms with E-state index in [1.807, 2.05) is 17.0 Å². The van der Waals surface area contributed by atoms with Crippen molar-refractivity contribution in [3.05, 3.63) is 29.3 Å². The summed E-state index contributed by atoms with van der Waals surface area (Å²) in [5.74, 6) is 0.153. The van der Waals surface area contributed by atoms with Gasteiger partial charge in [0.2, 0.25) is 5.91 Å². The lowest BCUT2D eigenvalue weighted by molar-refractivity contribution is -0.129. The Balaban J connectivity index is 2.11. The van der Waals surface area contributed by atoms with Gasteiger partial charge in [-0.05, 0) is 30.7 Å². The molecule has 2 N–H and O–H groups in total. The minimum absolute atomic E-state index is 0.153. The quantitative estimate of drug-likeness (QED) is 0.828. The number of rotatable bonds is 2. The summed E-state index contributed by atoms with van der Waals surface area (Å²) in [6.07, 6.45) is 0. The zero-order valence-corrected chi connectivity index (χ0v) is 12.2. The Bertz CT molecular complexity index is 507. The smallest absolute Gasteiger partial charge is 0.219 e. The summed E-state index contributed by atoms with van der Waals surface area (Å²) in [6, 6.07) is 6.05. The van der Waals surface area contributed by atoms with Crippen LogP contribution in [0, 0.1) is 6.92 Å². The fourth-order valence-electron chi connectivity index (χ4n) is 2.43. The summed E-state index contributed by atoms with van der Waals surface area (Å²) in [4.78, 5) is 15.9. The normalized spacial score (nSPS) is 15.5. The molecule has 0 spiro atoms. The van der Waals surface area contributed by atoms with Crippen molar-refractivity contribution < 1.29 is 4.79 Å². The van der Waals surface area contributed by atoms with Crippen molar-refractivity contribution in [1.29, 1.82) is 0 Å². The van der Waals surface area contributed by atoms with Crippen LogP contribution < -0.4 is 10.6 Å². The summed E-state index contributed by atoms with van der Waals surface area (Å²) >= 11 is 4.99. The lowest BCUT2D eigenvalue weighted by Gasteiger charge is -2.36. The average Bonchev–Trinajstić information content (AvgIpc) is 2.38. The first-order valence-corrected chi connectivity index (χ1v) is 6.81. The van der Waals surface area contributed by atoms with Crippen LogP contribution in [0.15, 0.2) is 18.2 Å². The molecule has 1 fully saturated rings. The number of amides is 1. The summed E-state index contributed by atoms with van der Waals surface area (Å²) in [5, 5.41) is 0. The molecular formula is C14H19N3OS. The van der Waals surface area contributed by atoms with Gasteiger partial charge in [-0.3, -0.25) is 4.79 Å². The van der Waals surface area contributed by atoms with Crippen LogP contribution in [0.2, 0.25) is 0 Å². The second-order valence-corrected chi connectivity index (χ2v) is 5.30. The van der Waals surface area contributed by atoms with Gasteiger partial charge in [0.1, 0.15) is 4.99 Å². The minimum Gasteiger partial charge on any atom is -0.389 e. The number of nitrogens with zero attached hydrogens (tertiary/aromatic N) is 2. The van der Waals surface area contributed by atoms with Gasteiger partial charge in [-0.15, -0.1) is 0 Å². The lowest BCUT2D eigenvalue weighted by Crippen LogP contribution is -2.48. The van der Waals surface area contributed by atoms with Gasteiger partial charge in [0, 0.05) is 44.4 Å². The molecule has 1 aromatic carbocycles. The molecule has 4 nitrogen and oxygen atoms in total. The second kappa shape index (κ2) is 5.57. The number of piperazine rings is 1. The highest BCUT2D eigenvalue weighted by Gasteiger charge is 2.19. The van der Waals surface area contributed by atoms with Crippen molar-refractivity contribution in [2.24, 2.45) is 5.73 Å². The number of hydrogen-bond donors (Lipinski definition) is 1. The van der Waals surface area contributed by atoms with Crippen molar-refractivity contribution in [3.63, 3.8) is 0 Å². The molecule has 1 heterocycles. The van der Waals surface area contributed by atoms with Gasteiger partial charge in [0.05, 0.1) is 0 Å². The van der Waals surface area contributed by atoms with Gasteiger partial charge >= 0.3 is 0 Å². The Morgan fingerprint density at radius 2 is 1.89 bits per heavy atom. The van der Waals surface area contributed by atoms with Crippen LogP contribution in [0.25, 0.3) is 0 Å². The Hall–Kier alpha value is -1.62. The van der Waals surface area contributed by atoms with Crippen molar-refractivity contribution in [1.82, 2.24) is 4.90 Å². The van der Waals surface area contributed by atoms with Gasteiger partial charge in [-0.25, -0.2) is 0 Å². The van der Waals surface area contributed by atoms with E-state index in [0.717, 1.165) is 31.7 Å². The number of carbonyl (C=O) groups is 1. The van der Waals surface area contributed by atoms with Crippen molar-refractivity contribution >= 4 is 28.8 Å². The fourth-order valence-corrected chi connectivity index (χ4v) is 2.55. The number of benzene rings is 1. The zero-order valence-electron chi connectivity index (χ0n) is 11.3. The Morgan fingerprint density at radius 1 is 1.26 bits per heavy atom. The molecule has 2 rings (SSSR count). The first kappa shape index (κ1) is 13.8. The lowest BCUT2D eigenvalue weighted by atomic mass is 10.1. The van der Waals surface area contributed by atoms with Gasteiger partial charge in [-0.2, -0.15) is 0 Å². The molecule has 1 saturated heterocycles. The fraction of sp³-hybridized carbons (Fsp3) is 0.429. The predicted molar refractivity (Wildman–Crippen MR) is 81.5 cm³/mol. The maximum atomic E-state index is 11.3. The average molecular weight is 277 g/mol. The van der Waals surface area contributed by atoms with Gasteiger partial charge in [0.25, 0.3) is 0 Å². The van der Waals surface area contributed by atoms with E-state index in [1.165, 1.54) is 11.3 Å². The summed E-state index contributed by atoms with van der Waals surface area (Å²) in [6.45, 7) is 6.99. The molecular weight excluding hydrogens is 258 g/mol. The molecule has 0 atom stereocenters. The number of aryl methyl sites for hydroxylation is 1. The molecule has 102 valence electrons. The summed E-state index contributed by atoms with van der Waals surface area (Å²) in [7, 11) is 0. The van der Waals surface area contributed by atoms with Crippen LogP contribution in [0.5, 0.6) is 0 Å². The number of anilines is 1. The molecule has 0 saturated carbocycles. The minimum atomic E-state index is 0.153. The zero-order chi connectivity index (χ0) is 14.0. The molecule has 19 heavy (non-hydrogen) atoms. The van der Waals surface area contributed by atoms with E-state index in [2.05, 4.69) is 17.9 Å². The van der Waals surface area contributed by atoms with E-state index in [1.54, 1.807) is 6.92 Å².